The molecule has 112 valence electrons. The normalized spacial score (nSPS) is 16.4. The quantitative estimate of drug-likeness (QED) is 0.867. The molecule has 6 heteroatoms. The fraction of sp³-hybridized carbons (Fsp3) is 0.500. The van der Waals surface area contributed by atoms with Crippen molar-refractivity contribution >= 4 is 5.97 Å². The van der Waals surface area contributed by atoms with Crippen LogP contribution in [0.2, 0.25) is 0 Å². The minimum Gasteiger partial charge on any atom is -0.469 e. The van der Waals surface area contributed by atoms with E-state index in [-0.39, 0.29) is 12.0 Å². The Hall–Kier alpha value is -1.56. The molecule has 0 bridgehead atoms. The fourth-order valence-electron chi connectivity index (χ4n) is 2.15. The van der Waals surface area contributed by atoms with Crippen molar-refractivity contribution in [2.45, 2.75) is 32.0 Å². The second-order valence-electron chi connectivity index (χ2n) is 4.71. The zero-order valence-electron chi connectivity index (χ0n) is 11.5. The third-order valence-electron chi connectivity index (χ3n) is 3.35. The van der Waals surface area contributed by atoms with Gasteiger partial charge in [0, 0.05) is 0 Å². The van der Waals surface area contributed by atoms with Crippen molar-refractivity contribution in [3.8, 4) is 0 Å². The second-order valence-corrected chi connectivity index (χ2v) is 4.71. The fourth-order valence-corrected chi connectivity index (χ4v) is 2.15. The highest BCUT2D eigenvalue weighted by Crippen LogP contribution is 2.36. The van der Waals surface area contributed by atoms with Crippen LogP contribution in [0, 0.1) is 5.92 Å². The Morgan fingerprint density at radius 2 is 1.90 bits per heavy atom. The average molecular weight is 290 g/mol. The molecule has 0 fully saturated rings. The molecule has 2 atom stereocenters. The van der Waals surface area contributed by atoms with Gasteiger partial charge >= 0.3 is 12.1 Å². The van der Waals surface area contributed by atoms with E-state index in [0.717, 1.165) is 12.1 Å². The zero-order valence-corrected chi connectivity index (χ0v) is 11.5. The molecule has 0 saturated carbocycles. The minimum atomic E-state index is -4.50. The molecule has 1 aromatic carbocycles. The minimum absolute atomic E-state index is 0.0320. The molecule has 0 aliphatic rings. The molecule has 0 amide bonds. The van der Waals surface area contributed by atoms with Gasteiger partial charge in [0.15, 0.2) is 0 Å². The summed E-state index contributed by atoms with van der Waals surface area (Å²) >= 11 is 0. The van der Waals surface area contributed by atoms with Gasteiger partial charge in [0.25, 0.3) is 0 Å². The summed E-state index contributed by atoms with van der Waals surface area (Å²) in [5.74, 6) is -1.59. The highest BCUT2D eigenvalue weighted by atomic mass is 19.4. The van der Waals surface area contributed by atoms with Gasteiger partial charge < -0.3 is 9.84 Å². The maximum atomic E-state index is 12.7. The Labute approximate surface area is 115 Å². The van der Waals surface area contributed by atoms with E-state index in [2.05, 4.69) is 4.74 Å². The molecule has 0 aromatic heterocycles. The van der Waals surface area contributed by atoms with Gasteiger partial charge in [-0.25, -0.2) is 0 Å². The number of benzene rings is 1. The predicted molar refractivity (Wildman–Crippen MR) is 66.8 cm³/mol. The second kappa shape index (κ2) is 5.83. The lowest BCUT2D eigenvalue weighted by Gasteiger charge is -2.31. The first kappa shape index (κ1) is 16.5. The van der Waals surface area contributed by atoms with Crippen molar-refractivity contribution in [3.05, 3.63) is 35.4 Å². The number of methoxy groups -OCH3 is 1. The standard InChI is InChI=1S/C14H17F3O3/c1-4-11(12(18)20-3)13(2,19)9-6-5-7-10(8-9)14(15,16)17/h5-8,11,19H,4H2,1-3H3. The molecule has 0 spiro atoms. The van der Waals surface area contributed by atoms with Crippen molar-refractivity contribution in [3.63, 3.8) is 0 Å². The number of halogens is 3. The van der Waals surface area contributed by atoms with Crippen LogP contribution in [0.3, 0.4) is 0 Å². The molecule has 20 heavy (non-hydrogen) atoms. The molecule has 1 aromatic rings. The molecular weight excluding hydrogens is 273 g/mol. The predicted octanol–water partition coefficient (Wildman–Crippen LogP) is 3.11. The summed E-state index contributed by atoms with van der Waals surface area (Å²) in [5, 5.41) is 10.5. The third-order valence-corrected chi connectivity index (χ3v) is 3.35. The van der Waals surface area contributed by atoms with E-state index in [4.69, 9.17) is 0 Å². The summed E-state index contributed by atoms with van der Waals surface area (Å²) in [6.07, 6.45) is -4.25. The lowest BCUT2D eigenvalue weighted by molar-refractivity contribution is -0.155. The number of carbonyl (C=O) groups is 1. The van der Waals surface area contributed by atoms with Crippen LogP contribution in [0.15, 0.2) is 24.3 Å². The van der Waals surface area contributed by atoms with Crippen LogP contribution >= 0.6 is 0 Å². The van der Waals surface area contributed by atoms with Gasteiger partial charge in [-0.15, -0.1) is 0 Å². The first-order valence-electron chi connectivity index (χ1n) is 6.12. The largest absolute Gasteiger partial charge is 0.469 e. The number of hydrogen-bond acceptors (Lipinski definition) is 3. The smallest absolute Gasteiger partial charge is 0.416 e. The Morgan fingerprint density at radius 3 is 2.35 bits per heavy atom. The molecule has 1 N–H and O–H groups in total. The van der Waals surface area contributed by atoms with Gasteiger partial charge in [-0.1, -0.05) is 19.1 Å². The first-order chi connectivity index (χ1) is 9.14. The van der Waals surface area contributed by atoms with Crippen LogP contribution < -0.4 is 0 Å². The van der Waals surface area contributed by atoms with Crippen LogP contribution in [0.5, 0.6) is 0 Å². The van der Waals surface area contributed by atoms with Crippen LogP contribution in [-0.2, 0) is 21.3 Å². The van der Waals surface area contributed by atoms with Gasteiger partial charge in [0.05, 0.1) is 18.6 Å². The van der Waals surface area contributed by atoms with Gasteiger partial charge in [-0.05, 0) is 31.0 Å². The number of aliphatic hydroxyl groups is 1. The average Bonchev–Trinajstić information content (AvgIpc) is 2.38. The summed E-state index contributed by atoms with van der Waals surface area (Å²) < 4.78 is 42.7. The Balaban J connectivity index is 3.24. The monoisotopic (exact) mass is 290 g/mol. The van der Waals surface area contributed by atoms with E-state index >= 15 is 0 Å². The molecule has 0 aliphatic heterocycles. The van der Waals surface area contributed by atoms with Gasteiger partial charge in [0.2, 0.25) is 0 Å². The van der Waals surface area contributed by atoms with Gasteiger partial charge in [-0.2, -0.15) is 13.2 Å². The first-order valence-corrected chi connectivity index (χ1v) is 6.12. The number of ether oxygens (including phenoxy) is 1. The van der Waals surface area contributed by atoms with Crippen LogP contribution in [0.1, 0.15) is 31.4 Å². The Kier molecular flexibility index (Phi) is 4.81. The van der Waals surface area contributed by atoms with Crippen molar-refractivity contribution in [2.24, 2.45) is 5.92 Å². The van der Waals surface area contributed by atoms with Crippen LogP contribution in [-0.4, -0.2) is 18.2 Å². The van der Waals surface area contributed by atoms with E-state index in [9.17, 15) is 23.1 Å². The summed E-state index contributed by atoms with van der Waals surface area (Å²) in [4.78, 5) is 11.6. The summed E-state index contributed by atoms with van der Waals surface area (Å²) in [6, 6.07) is 4.34. The zero-order chi connectivity index (χ0) is 15.6. The van der Waals surface area contributed by atoms with Crippen molar-refractivity contribution in [1.82, 2.24) is 0 Å². The molecule has 1 rings (SSSR count). The van der Waals surface area contributed by atoms with Crippen LogP contribution in [0.4, 0.5) is 13.2 Å². The molecule has 0 heterocycles. The maximum absolute atomic E-state index is 12.7. The number of esters is 1. The molecule has 0 saturated heterocycles. The molecule has 2 unspecified atom stereocenters. The number of hydrogen-bond donors (Lipinski definition) is 1. The molecule has 0 radical (unpaired) electrons. The molecule has 0 aliphatic carbocycles. The van der Waals surface area contributed by atoms with E-state index in [1.807, 2.05) is 0 Å². The summed E-state index contributed by atoms with van der Waals surface area (Å²) in [7, 11) is 1.17. The number of rotatable bonds is 4. The van der Waals surface area contributed by atoms with Crippen molar-refractivity contribution in [2.75, 3.05) is 7.11 Å². The topological polar surface area (TPSA) is 46.5 Å². The number of carbonyl (C=O) groups excluding carboxylic acids is 1. The molecular formula is C14H17F3O3. The van der Waals surface area contributed by atoms with E-state index in [1.54, 1.807) is 6.92 Å². The Bertz CT molecular complexity index is 481. The summed E-state index contributed by atoms with van der Waals surface area (Å²) in [5.41, 5.74) is -2.57. The van der Waals surface area contributed by atoms with Gasteiger partial charge in [0.1, 0.15) is 5.60 Å². The molecule has 3 nitrogen and oxygen atoms in total. The lowest BCUT2D eigenvalue weighted by atomic mass is 9.80. The third kappa shape index (κ3) is 3.30. The van der Waals surface area contributed by atoms with E-state index in [0.29, 0.717) is 0 Å². The SMILES string of the molecule is CCC(C(=O)OC)C(C)(O)c1cccc(C(F)(F)F)c1. The van der Waals surface area contributed by atoms with Crippen molar-refractivity contribution in [1.29, 1.82) is 0 Å². The maximum Gasteiger partial charge on any atom is 0.416 e. The highest BCUT2D eigenvalue weighted by Gasteiger charge is 2.40. The van der Waals surface area contributed by atoms with E-state index in [1.165, 1.54) is 26.2 Å². The van der Waals surface area contributed by atoms with Crippen LogP contribution in [0.25, 0.3) is 0 Å². The highest BCUT2D eigenvalue weighted by molar-refractivity contribution is 5.74. The van der Waals surface area contributed by atoms with Gasteiger partial charge in [-0.3, -0.25) is 4.79 Å². The van der Waals surface area contributed by atoms with E-state index < -0.39 is 29.2 Å². The van der Waals surface area contributed by atoms with Crippen molar-refractivity contribution < 1.29 is 27.8 Å². The summed E-state index contributed by atoms with van der Waals surface area (Å²) in [6.45, 7) is 2.97. The number of alkyl halides is 3. The Morgan fingerprint density at radius 1 is 1.35 bits per heavy atom. The lowest BCUT2D eigenvalue weighted by Crippen LogP contribution is -2.37.